The molecule has 1 unspecified atom stereocenters. The molecule has 2 rings (SSSR count). The largest absolute Gasteiger partial charge is 0.357 e. The van der Waals surface area contributed by atoms with E-state index in [9.17, 15) is 0 Å². The first kappa shape index (κ1) is 17.5. The molecule has 0 spiro atoms. The van der Waals surface area contributed by atoms with Gasteiger partial charge in [-0.25, -0.2) is 0 Å². The molecule has 2 heterocycles. The highest BCUT2D eigenvalue weighted by Gasteiger charge is 2.07. The van der Waals surface area contributed by atoms with Crippen LogP contribution in [0.4, 0.5) is 0 Å². The van der Waals surface area contributed by atoms with E-state index in [-0.39, 0.29) is 0 Å². The van der Waals surface area contributed by atoms with Crippen LogP contribution in [-0.4, -0.2) is 34.9 Å². The predicted molar refractivity (Wildman–Crippen MR) is 98.2 cm³/mol. The summed E-state index contributed by atoms with van der Waals surface area (Å²) in [6.07, 6.45) is 5.80. The third-order valence-corrected chi connectivity index (χ3v) is 4.43. The Morgan fingerprint density at radius 3 is 2.96 bits per heavy atom. The Bertz CT molecular complexity index is 588. The summed E-state index contributed by atoms with van der Waals surface area (Å²) < 4.78 is 1.94. The maximum atomic E-state index is 4.66. The molecular formula is C17H27N5S. The Morgan fingerprint density at radius 2 is 2.30 bits per heavy atom. The lowest BCUT2D eigenvalue weighted by molar-refractivity contribution is 0.581. The summed E-state index contributed by atoms with van der Waals surface area (Å²) in [4.78, 5) is 7.44. The minimum absolute atomic E-state index is 0.358. The fraction of sp³-hybridized carbons (Fsp3) is 0.529. The third-order valence-electron chi connectivity index (χ3n) is 3.41. The van der Waals surface area contributed by atoms with Gasteiger partial charge >= 0.3 is 0 Å². The molecule has 0 radical (unpaired) electrons. The van der Waals surface area contributed by atoms with E-state index < -0.39 is 0 Å². The lowest BCUT2D eigenvalue weighted by Crippen LogP contribution is -2.43. The standard InChI is InChI=1S/C17H27N5S/c1-4-18-17(19-9-5-11-22-12-6-10-20-22)21-14(2)13-16-8-7-15(3)23-16/h6-8,10,12,14H,4-5,9,11,13H2,1-3H3,(H2,18,19,21). The molecule has 126 valence electrons. The zero-order chi connectivity index (χ0) is 16.5. The molecule has 0 aromatic carbocycles. The molecule has 2 aromatic heterocycles. The fourth-order valence-electron chi connectivity index (χ4n) is 2.36. The van der Waals surface area contributed by atoms with Gasteiger partial charge in [-0.05, 0) is 45.4 Å². The van der Waals surface area contributed by atoms with Crippen molar-refractivity contribution in [1.29, 1.82) is 0 Å². The van der Waals surface area contributed by atoms with Crippen molar-refractivity contribution >= 4 is 17.3 Å². The number of aromatic nitrogens is 2. The lowest BCUT2D eigenvalue weighted by atomic mass is 10.2. The molecule has 5 nitrogen and oxygen atoms in total. The zero-order valence-electron chi connectivity index (χ0n) is 14.2. The van der Waals surface area contributed by atoms with Gasteiger partial charge in [-0.1, -0.05) is 0 Å². The van der Waals surface area contributed by atoms with E-state index in [0.29, 0.717) is 6.04 Å². The number of guanidine groups is 1. The van der Waals surface area contributed by atoms with Crippen molar-refractivity contribution in [1.82, 2.24) is 20.4 Å². The van der Waals surface area contributed by atoms with Crippen LogP contribution in [0.5, 0.6) is 0 Å². The minimum Gasteiger partial charge on any atom is -0.357 e. The van der Waals surface area contributed by atoms with E-state index >= 15 is 0 Å². The molecular weight excluding hydrogens is 306 g/mol. The average molecular weight is 334 g/mol. The van der Waals surface area contributed by atoms with Gasteiger partial charge < -0.3 is 10.6 Å². The molecule has 1 atom stereocenters. The predicted octanol–water partition coefficient (Wildman–Crippen LogP) is 2.83. The smallest absolute Gasteiger partial charge is 0.191 e. The Labute approximate surface area is 142 Å². The first-order valence-corrected chi connectivity index (χ1v) is 9.06. The number of aryl methyl sites for hydroxylation is 2. The average Bonchev–Trinajstić information content (AvgIpc) is 3.15. The number of thiophene rings is 1. The third kappa shape index (κ3) is 6.44. The van der Waals surface area contributed by atoms with Crippen LogP contribution in [0.15, 0.2) is 35.6 Å². The normalized spacial score (nSPS) is 13.1. The molecule has 0 aliphatic rings. The van der Waals surface area contributed by atoms with Crippen LogP contribution in [0, 0.1) is 6.92 Å². The second-order valence-corrected chi connectivity index (χ2v) is 7.02. The van der Waals surface area contributed by atoms with Crippen molar-refractivity contribution in [3.63, 3.8) is 0 Å². The van der Waals surface area contributed by atoms with Gasteiger partial charge in [0.25, 0.3) is 0 Å². The number of aliphatic imine (C=N–C) groups is 1. The molecule has 0 fully saturated rings. The first-order chi connectivity index (χ1) is 11.2. The molecule has 0 saturated carbocycles. The van der Waals surface area contributed by atoms with E-state index in [1.165, 1.54) is 9.75 Å². The second-order valence-electron chi connectivity index (χ2n) is 5.65. The van der Waals surface area contributed by atoms with Crippen LogP contribution in [0.3, 0.4) is 0 Å². The molecule has 23 heavy (non-hydrogen) atoms. The van der Waals surface area contributed by atoms with E-state index in [2.05, 4.69) is 53.6 Å². The van der Waals surface area contributed by atoms with Gasteiger partial charge in [-0.2, -0.15) is 5.10 Å². The number of nitrogens with zero attached hydrogens (tertiary/aromatic N) is 3. The molecule has 0 aliphatic carbocycles. The zero-order valence-corrected chi connectivity index (χ0v) is 15.1. The Morgan fingerprint density at radius 1 is 1.43 bits per heavy atom. The highest BCUT2D eigenvalue weighted by molar-refractivity contribution is 7.11. The van der Waals surface area contributed by atoms with Crippen molar-refractivity contribution in [3.8, 4) is 0 Å². The summed E-state index contributed by atoms with van der Waals surface area (Å²) >= 11 is 1.87. The molecule has 2 N–H and O–H groups in total. The van der Waals surface area contributed by atoms with Crippen molar-refractivity contribution in [3.05, 3.63) is 40.3 Å². The maximum Gasteiger partial charge on any atom is 0.191 e. The van der Waals surface area contributed by atoms with Crippen molar-refractivity contribution in [2.45, 2.75) is 46.2 Å². The summed E-state index contributed by atoms with van der Waals surface area (Å²) in [7, 11) is 0. The van der Waals surface area contributed by atoms with Crippen LogP contribution in [-0.2, 0) is 13.0 Å². The molecule has 0 aliphatic heterocycles. The van der Waals surface area contributed by atoms with E-state index in [4.69, 9.17) is 0 Å². The van der Waals surface area contributed by atoms with E-state index in [0.717, 1.165) is 38.4 Å². The first-order valence-electron chi connectivity index (χ1n) is 8.25. The summed E-state index contributed by atoms with van der Waals surface area (Å²) in [5, 5.41) is 11.0. The van der Waals surface area contributed by atoms with Crippen LogP contribution in [0.25, 0.3) is 0 Å². The number of hydrogen-bond donors (Lipinski definition) is 2. The Balaban J connectivity index is 1.78. The van der Waals surface area contributed by atoms with E-state index in [1.807, 2.05) is 34.5 Å². The van der Waals surface area contributed by atoms with Gasteiger partial charge in [0.2, 0.25) is 0 Å². The van der Waals surface area contributed by atoms with Gasteiger partial charge in [0, 0.05) is 54.2 Å². The van der Waals surface area contributed by atoms with Gasteiger partial charge in [0.1, 0.15) is 0 Å². The van der Waals surface area contributed by atoms with Crippen LogP contribution in [0.1, 0.15) is 30.0 Å². The number of hydrogen-bond acceptors (Lipinski definition) is 3. The molecule has 0 bridgehead atoms. The number of nitrogens with one attached hydrogen (secondary N) is 2. The van der Waals surface area contributed by atoms with Crippen molar-refractivity contribution in [2.24, 2.45) is 4.99 Å². The minimum atomic E-state index is 0.358. The Kier molecular flexibility index (Phi) is 7.13. The molecule has 6 heteroatoms. The highest BCUT2D eigenvalue weighted by atomic mass is 32.1. The second kappa shape index (κ2) is 9.35. The Hall–Kier alpha value is -1.82. The summed E-state index contributed by atoms with van der Waals surface area (Å²) in [6, 6.07) is 6.70. The van der Waals surface area contributed by atoms with Gasteiger partial charge in [0.05, 0.1) is 0 Å². The van der Waals surface area contributed by atoms with E-state index in [1.54, 1.807) is 0 Å². The summed E-state index contributed by atoms with van der Waals surface area (Å²) in [5.74, 6) is 0.897. The molecule has 0 saturated heterocycles. The van der Waals surface area contributed by atoms with Crippen LogP contribution >= 0.6 is 11.3 Å². The van der Waals surface area contributed by atoms with Crippen molar-refractivity contribution < 1.29 is 0 Å². The summed E-state index contributed by atoms with van der Waals surface area (Å²) in [6.45, 7) is 9.01. The van der Waals surface area contributed by atoms with Crippen molar-refractivity contribution in [2.75, 3.05) is 13.1 Å². The van der Waals surface area contributed by atoms with Crippen LogP contribution in [0.2, 0.25) is 0 Å². The lowest BCUT2D eigenvalue weighted by Gasteiger charge is -2.17. The fourth-order valence-corrected chi connectivity index (χ4v) is 3.38. The van der Waals surface area contributed by atoms with Gasteiger partial charge in [-0.15, -0.1) is 11.3 Å². The molecule has 2 aromatic rings. The number of rotatable bonds is 8. The highest BCUT2D eigenvalue weighted by Crippen LogP contribution is 2.16. The molecule has 0 amide bonds. The van der Waals surface area contributed by atoms with Gasteiger partial charge in [-0.3, -0.25) is 9.67 Å². The quantitative estimate of drug-likeness (QED) is 0.444. The topological polar surface area (TPSA) is 54.2 Å². The SMILES string of the molecule is CCNC(=NCCCn1cccn1)NC(C)Cc1ccc(C)s1. The van der Waals surface area contributed by atoms with Gasteiger partial charge in [0.15, 0.2) is 5.96 Å². The summed E-state index contributed by atoms with van der Waals surface area (Å²) in [5.41, 5.74) is 0. The van der Waals surface area contributed by atoms with Crippen LogP contribution < -0.4 is 10.6 Å². The monoisotopic (exact) mass is 333 g/mol. The maximum absolute atomic E-state index is 4.66.